The third kappa shape index (κ3) is 10.7. The molecule has 0 atom stereocenters. The van der Waals surface area contributed by atoms with Crippen LogP contribution in [0.4, 0.5) is 0 Å². The number of hydrogen-bond acceptors (Lipinski definition) is 4. The van der Waals surface area contributed by atoms with Gasteiger partial charge >= 0.3 is 11.9 Å². The van der Waals surface area contributed by atoms with Crippen molar-refractivity contribution >= 4 is 57.1 Å². The van der Waals surface area contributed by atoms with Gasteiger partial charge in [-0.05, 0) is 12.8 Å². The standard InChI is InChI=1S/C9H14I2O4/c10-5-1-3-8(12)14-7-15-9(13)4-2-6-11/h1-7H2. The molecule has 4 nitrogen and oxygen atoms in total. The third-order valence-electron chi connectivity index (χ3n) is 1.47. The van der Waals surface area contributed by atoms with Crippen LogP contribution < -0.4 is 0 Å². The predicted octanol–water partition coefficient (Wildman–Crippen LogP) is 2.46. The molecule has 0 amide bonds. The van der Waals surface area contributed by atoms with Crippen molar-refractivity contribution in [3.05, 3.63) is 0 Å². The Morgan fingerprint density at radius 2 is 1.27 bits per heavy atom. The van der Waals surface area contributed by atoms with Gasteiger partial charge in [-0.3, -0.25) is 9.59 Å². The summed E-state index contributed by atoms with van der Waals surface area (Å²) in [6.45, 7) is -0.250. The van der Waals surface area contributed by atoms with E-state index in [0.717, 1.165) is 21.7 Å². The zero-order valence-electron chi connectivity index (χ0n) is 8.34. The first kappa shape index (κ1) is 15.4. The highest BCUT2D eigenvalue weighted by molar-refractivity contribution is 14.1. The summed E-state index contributed by atoms with van der Waals surface area (Å²) in [5.41, 5.74) is 0. The van der Waals surface area contributed by atoms with Gasteiger partial charge in [0.05, 0.1) is 0 Å². The van der Waals surface area contributed by atoms with Crippen molar-refractivity contribution in [2.75, 3.05) is 15.6 Å². The quantitative estimate of drug-likeness (QED) is 0.252. The molecule has 0 saturated heterocycles. The molecule has 0 rings (SSSR count). The monoisotopic (exact) mass is 440 g/mol. The molecule has 0 aliphatic carbocycles. The minimum Gasteiger partial charge on any atom is -0.428 e. The maximum Gasteiger partial charge on any atom is 0.308 e. The van der Waals surface area contributed by atoms with Gasteiger partial charge in [0, 0.05) is 21.7 Å². The molecule has 0 aliphatic rings. The highest BCUT2D eigenvalue weighted by Crippen LogP contribution is 1.99. The summed E-state index contributed by atoms with van der Waals surface area (Å²) < 4.78 is 11.3. The van der Waals surface area contributed by atoms with E-state index in [9.17, 15) is 9.59 Å². The summed E-state index contributed by atoms with van der Waals surface area (Å²) in [4.78, 5) is 22.0. The van der Waals surface area contributed by atoms with Gasteiger partial charge in [-0.25, -0.2) is 0 Å². The SMILES string of the molecule is O=C(CCCI)OCOC(=O)CCCI. The van der Waals surface area contributed by atoms with Gasteiger partial charge in [0.1, 0.15) is 0 Å². The summed E-state index contributed by atoms with van der Waals surface area (Å²) >= 11 is 4.38. The van der Waals surface area contributed by atoms with Gasteiger partial charge in [0.15, 0.2) is 0 Å². The molecule has 6 heteroatoms. The van der Waals surface area contributed by atoms with Crippen molar-refractivity contribution in [2.45, 2.75) is 25.7 Å². The summed E-state index contributed by atoms with van der Waals surface area (Å²) in [6.07, 6.45) is 2.35. The molecule has 0 radical (unpaired) electrons. The van der Waals surface area contributed by atoms with Crippen LogP contribution in [0.1, 0.15) is 25.7 Å². The molecule has 0 saturated carbocycles. The van der Waals surface area contributed by atoms with Crippen LogP contribution in [0.3, 0.4) is 0 Å². The predicted molar refractivity (Wildman–Crippen MR) is 73.3 cm³/mol. The molecular weight excluding hydrogens is 426 g/mol. The van der Waals surface area contributed by atoms with Gasteiger partial charge < -0.3 is 9.47 Å². The number of esters is 2. The summed E-state index contributed by atoms with van der Waals surface area (Å²) in [6, 6.07) is 0. The Morgan fingerprint density at radius 1 is 0.867 bits per heavy atom. The van der Waals surface area contributed by atoms with Gasteiger partial charge in [0.2, 0.25) is 6.79 Å². The molecule has 0 N–H and O–H groups in total. The van der Waals surface area contributed by atoms with E-state index in [1.807, 2.05) is 0 Å². The lowest BCUT2D eigenvalue weighted by Crippen LogP contribution is -2.12. The summed E-state index contributed by atoms with van der Waals surface area (Å²) in [5, 5.41) is 0. The van der Waals surface area contributed by atoms with Crippen LogP contribution in [0.25, 0.3) is 0 Å². The van der Waals surface area contributed by atoms with Crippen LogP contribution in [0, 0.1) is 0 Å². The average Bonchev–Trinajstić information content (AvgIpc) is 2.23. The Kier molecular flexibility index (Phi) is 11.2. The lowest BCUT2D eigenvalue weighted by atomic mass is 10.3. The van der Waals surface area contributed by atoms with Gasteiger partial charge in [0.25, 0.3) is 0 Å². The molecular formula is C9H14I2O4. The first-order valence-corrected chi connectivity index (χ1v) is 7.69. The first-order valence-electron chi connectivity index (χ1n) is 4.64. The minimum atomic E-state index is -0.312. The fraction of sp³-hybridized carbons (Fsp3) is 0.778. The van der Waals surface area contributed by atoms with Crippen LogP contribution in [0.2, 0.25) is 0 Å². The Labute approximate surface area is 117 Å². The average molecular weight is 440 g/mol. The van der Waals surface area contributed by atoms with E-state index in [4.69, 9.17) is 9.47 Å². The highest BCUT2D eigenvalue weighted by atomic mass is 127. The van der Waals surface area contributed by atoms with Crippen LogP contribution in [-0.4, -0.2) is 27.6 Å². The molecule has 0 aliphatic heterocycles. The fourth-order valence-corrected chi connectivity index (χ4v) is 1.49. The highest BCUT2D eigenvalue weighted by Gasteiger charge is 2.05. The van der Waals surface area contributed by atoms with Crippen LogP contribution in [0.15, 0.2) is 0 Å². The molecule has 0 bridgehead atoms. The minimum absolute atomic E-state index is 0.250. The Hall–Kier alpha value is 0.400. The molecule has 0 aromatic rings. The molecule has 15 heavy (non-hydrogen) atoms. The Balaban J connectivity index is 3.36. The molecule has 0 heterocycles. The summed E-state index contributed by atoms with van der Waals surface area (Å²) in [7, 11) is 0. The van der Waals surface area contributed by atoms with Crippen molar-refractivity contribution in [1.82, 2.24) is 0 Å². The van der Waals surface area contributed by atoms with Crippen molar-refractivity contribution in [2.24, 2.45) is 0 Å². The number of carbonyl (C=O) groups excluding carboxylic acids is 2. The van der Waals surface area contributed by atoms with E-state index in [1.165, 1.54) is 0 Å². The molecule has 0 spiro atoms. The van der Waals surface area contributed by atoms with E-state index < -0.39 is 0 Å². The molecule has 0 aromatic heterocycles. The smallest absolute Gasteiger partial charge is 0.308 e. The second-order valence-corrected chi connectivity index (χ2v) is 4.89. The molecule has 0 fully saturated rings. The van der Waals surface area contributed by atoms with Gasteiger partial charge in [-0.2, -0.15) is 0 Å². The van der Waals surface area contributed by atoms with Crippen molar-refractivity contribution in [3.8, 4) is 0 Å². The molecule has 0 unspecified atom stereocenters. The van der Waals surface area contributed by atoms with Crippen LogP contribution in [-0.2, 0) is 19.1 Å². The largest absolute Gasteiger partial charge is 0.428 e. The maximum atomic E-state index is 11.0. The van der Waals surface area contributed by atoms with E-state index in [-0.39, 0.29) is 18.7 Å². The number of hydrogen-bond donors (Lipinski definition) is 0. The van der Waals surface area contributed by atoms with E-state index >= 15 is 0 Å². The fourth-order valence-electron chi connectivity index (χ4n) is 0.728. The number of carbonyl (C=O) groups is 2. The zero-order chi connectivity index (χ0) is 11.5. The number of ether oxygens (including phenoxy) is 2. The van der Waals surface area contributed by atoms with Crippen LogP contribution in [0.5, 0.6) is 0 Å². The molecule has 0 aromatic carbocycles. The first-order chi connectivity index (χ1) is 7.20. The Bertz CT molecular complexity index is 177. The number of halogens is 2. The van der Waals surface area contributed by atoms with Crippen molar-refractivity contribution in [1.29, 1.82) is 0 Å². The lowest BCUT2D eigenvalue weighted by Gasteiger charge is -2.05. The van der Waals surface area contributed by atoms with E-state index in [1.54, 1.807) is 0 Å². The normalized spacial score (nSPS) is 9.73. The summed E-state index contributed by atoms with van der Waals surface area (Å²) in [5.74, 6) is -0.623. The van der Waals surface area contributed by atoms with Gasteiger partial charge in [-0.1, -0.05) is 45.2 Å². The Morgan fingerprint density at radius 3 is 1.60 bits per heavy atom. The van der Waals surface area contributed by atoms with Gasteiger partial charge in [-0.15, -0.1) is 0 Å². The third-order valence-corrected chi connectivity index (χ3v) is 2.99. The maximum absolute atomic E-state index is 11.0. The zero-order valence-corrected chi connectivity index (χ0v) is 12.7. The second-order valence-electron chi connectivity index (χ2n) is 2.74. The van der Waals surface area contributed by atoms with Crippen molar-refractivity contribution < 1.29 is 19.1 Å². The van der Waals surface area contributed by atoms with Crippen LogP contribution >= 0.6 is 45.2 Å². The topological polar surface area (TPSA) is 52.6 Å². The van der Waals surface area contributed by atoms with E-state index in [2.05, 4.69) is 45.2 Å². The van der Waals surface area contributed by atoms with E-state index in [0.29, 0.717) is 12.8 Å². The lowest BCUT2D eigenvalue weighted by molar-refractivity contribution is -0.167. The molecule has 88 valence electrons. The van der Waals surface area contributed by atoms with Crippen molar-refractivity contribution in [3.63, 3.8) is 0 Å². The second kappa shape index (κ2) is 10.9. The number of alkyl halides is 2. The number of rotatable bonds is 8.